The van der Waals surface area contributed by atoms with E-state index in [0.29, 0.717) is 39.2 Å². The highest BCUT2D eigenvalue weighted by molar-refractivity contribution is 6.32. The maximum absolute atomic E-state index is 6.46. The van der Waals surface area contributed by atoms with E-state index in [1.807, 2.05) is 12.1 Å². The summed E-state index contributed by atoms with van der Waals surface area (Å²) in [5.74, 6) is 1.38. The topological polar surface area (TPSA) is 80.0 Å². The van der Waals surface area contributed by atoms with E-state index in [1.54, 1.807) is 12.5 Å². The highest BCUT2D eigenvalue weighted by Crippen LogP contribution is 2.54. The van der Waals surface area contributed by atoms with Crippen molar-refractivity contribution < 1.29 is 0 Å². The van der Waals surface area contributed by atoms with Gasteiger partial charge in [0.15, 0.2) is 16.8 Å². The number of aromatic nitrogens is 3. The fourth-order valence-corrected chi connectivity index (χ4v) is 5.20. The van der Waals surface area contributed by atoms with Gasteiger partial charge in [0.25, 0.3) is 0 Å². The number of hydrogen-bond donors (Lipinski definition) is 2. The first-order chi connectivity index (χ1) is 12.3. The van der Waals surface area contributed by atoms with E-state index in [0.717, 1.165) is 18.8 Å². The molecule has 1 saturated heterocycles. The Balaban J connectivity index is 1.66. The number of nitrogen functional groups attached to an aromatic ring is 1. The van der Waals surface area contributed by atoms with E-state index < -0.39 is 0 Å². The Labute approximate surface area is 159 Å². The molecule has 2 aliphatic rings. The third-order valence-electron chi connectivity index (χ3n) is 5.56. The van der Waals surface area contributed by atoms with Crippen LogP contribution in [0.4, 0.5) is 23.0 Å². The number of nitrogens with zero attached hydrogens (tertiary/aromatic N) is 4. The smallest absolute Gasteiger partial charge is 0.159 e. The van der Waals surface area contributed by atoms with Gasteiger partial charge in [0.1, 0.15) is 12.0 Å². The standard InChI is InChI=1S/C19H25ClN6/c1-18(2)7-12-8-19(3,9-18)10-26(12)17-14(21)16(23-11-24-17)25-13-5-4-6-22-15(13)20/h4-6,11-12H,7-10,21H2,1-3H3,(H,23,24,25). The minimum Gasteiger partial charge on any atom is -0.393 e. The van der Waals surface area contributed by atoms with Crippen LogP contribution in [0, 0.1) is 10.8 Å². The normalized spacial score (nSPS) is 26.8. The van der Waals surface area contributed by atoms with Crippen molar-refractivity contribution in [3.05, 3.63) is 29.8 Å². The molecule has 0 amide bonds. The summed E-state index contributed by atoms with van der Waals surface area (Å²) in [6.45, 7) is 8.09. The zero-order valence-electron chi connectivity index (χ0n) is 15.5. The van der Waals surface area contributed by atoms with Gasteiger partial charge < -0.3 is 16.0 Å². The molecule has 0 radical (unpaired) electrons. The fraction of sp³-hybridized carbons (Fsp3) is 0.526. The summed E-state index contributed by atoms with van der Waals surface area (Å²) in [6.07, 6.45) is 6.79. The maximum atomic E-state index is 6.46. The molecule has 0 aromatic carbocycles. The van der Waals surface area contributed by atoms with Crippen molar-refractivity contribution in [3.8, 4) is 0 Å². The summed E-state index contributed by atoms with van der Waals surface area (Å²) in [5, 5.41) is 3.58. The molecule has 2 aromatic rings. The fourth-order valence-electron chi connectivity index (χ4n) is 5.03. The lowest BCUT2D eigenvalue weighted by molar-refractivity contribution is 0.136. The van der Waals surface area contributed by atoms with Crippen molar-refractivity contribution in [1.29, 1.82) is 0 Å². The van der Waals surface area contributed by atoms with Gasteiger partial charge in [-0.15, -0.1) is 0 Å². The molecule has 6 nitrogen and oxygen atoms in total. The SMILES string of the molecule is CC1(C)CC2CC(C)(CN2c2ncnc(Nc3cccnc3Cl)c2N)C1. The number of nitrogens with two attached hydrogens (primary N) is 1. The van der Waals surface area contributed by atoms with E-state index in [2.05, 4.69) is 45.9 Å². The monoisotopic (exact) mass is 372 g/mol. The quantitative estimate of drug-likeness (QED) is 0.784. The van der Waals surface area contributed by atoms with Crippen molar-refractivity contribution in [2.75, 3.05) is 22.5 Å². The number of rotatable bonds is 3. The van der Waals surface area contributed by atoms with Gasteiger partial charge in [0, 0.05) is 18.8 Å². The van der Waals surface area contributed by atoms with Gasteiger partial charge in [0.2, 0.25) is 0 Å². The molecule has 2 unspecified atom stereocenters. The predicted molar refractivity (Wildman–Crippen MR) is 106 cm³/mol. The van der Waals surface area contributed by atoms with E-state index in [4.69, 9.17) is 17.3 Å². The Morgan fingerprint density at radius 1 is 1.23 bits per heavy atom. The van der Waals surface area contributed by atoms with Crippen LogP contribution >= 0.6 is 11.6 Å². The van der Waals surface area contributed by atoms with Gasteiger partial charge in [0.05, 0.1) is 5.69 Å². The van der Waals surface area contributed by atoms with Gasteiger partial charge in [-0.05, 0) is 42.2 Å². The summed E-state index contributed by atoms with van der Waals surface area (Å²) >= 11 is 6.15. The van der Waals surface area contributed by atoms with Crippen LogP contribution in [0.5, 0.6) is 0 Å². The first-order valence-corrected chi connectivity index (χ1v) is 9.39. The van der Waals surface area contributed by atoms with Gasteiger partial charge in [-0.25, -0.2) is 15.0 Å². The van der Waals surface area contributed by atoms with Crippen LogP contribution in [0.1, 0.15) is 40.0 Å². The van der Waals surface area contributed by atoms with Crippen molar-refractivity contribution in [3.63, 3.8) is 0 Å². The van der Waals surface area contributed by atoms with Crippen molar-refractivity contribution in [2.24, 2.45) is 10.8 Å². The van der Waals surface area contributed by atoms with Gasteiger partial charge in [-0.1, -0.05) is 32.4 Å². The van der Waals surface area contributed by atoms with Gasteiger partial charge in [-0.2, -0.15) is 0 Å². The minimum atomic E-state index is 0.310. The Morgan fingerprint density at radius 2 is 2.04 bits per heavy atom. The zero-order valence-corrected chi connectivity index (χ0v) is 16.2. The van der Waals surface area contributed by atoms with Crippen LogP contribution < -0.4 is 16.0 Å². The molecule has 3 heterocycles. The Kier molecular flexibility index (Phi) is 3.99. The molecule has 26 heavy (non-hydrogen) atoms. The summed E-state index contributed by atoms with van der Waals surface area (Å²) in [6, 6.07) is 4.14. The van der Waals surface area contributed by atoms with Crippen molar-refractivity contribution in [2.45, 2.75) is 46.1 Å². The van der Waals surface area contributed by atoms with E-state index in [-0.39, 0.29) is 0 Å². The van der Waals surface area contributed by atoms with Crippen molar-refractivity contribution >= 4 is 34.6 Å². The number of fused-ring (bicyclic) bond motifs is 2. The molecule has 1 saturated carbocycles. The summed E-state index contributed by atoms with van der Waals surface area (Å²) < 4.78 is 0. The van der Waals surface area contributed by atoms with Crippen LogP contribution in [0.2, 0.25) is 5.15 Å². The van der Waals surface area contributed by atoms with Crippen LogP contribution in [0.25, 0.3) is 0 Å². The molecule has 2 aromatic heterocycles. The lowest BCUT2D eigenvalue weighted by Gasteiger charge is -2.39. The summed E-state index contributed by atoms with van der Waals surface area (Å²) in [4.78, 5) is 15.3. The summed E-state index contributed by atoms with van der Waals surface area (Å²) in [7, 11) is 0. The third kappa shape index (κ3) is 3.07. The lowest BCUT2D eigenvalue weighted by Crippen LogP contribution is -2.35. The number of halogens is 1. The van der Waals surface area contributed by atoms with Gasteiger partial charge >= 0.3 is 0 Å². The third-order valence-corrected chi connectivity index (χ3v) is 5.86. The molecule has 0 spiro atoms. The lowest BCUT2D eigenvalue weighted by atomic mass is 9.65. The average Bonchev–Trinajstić information content (AvgIpc) is 2.80. The first kappa shape index (κ1) is 17.3. The number of nitrogens with one attached hydrogen (secondary N) is 1. The minimum absolute atomic E-state index is 0.310. The molecule has 138 valence electrons. The van der Waals surface area contributed by atoms with E-state index in [1.165, 1.54) is 12.8 Å². The number of anilines is 4. The predicted octanol–water partition coefficient (Wildman–Crippen LogP) is 4.26. The molecule has 4 rings (SSSR count). The van der Waals surface area contributed by atoms with Crippen LogP contribution in [0.3, 0.4) is 0 Å². The molecule has 2 atom stereocenters. The molecule has 7 heteroatoms. The number of hydrogen-bond acceptors (Lipinski definition) is 6. The number of pyridine rings is 1. The maximum Gasteiger partial charge on any atom is 0.159 e. The first-order valence-electron chi connectivity index (χ1n) is 9.01. The molecule has 1 aliphatic heterocycles. The zero-order chi connectivity index (χ0) is 18.5. The molecular formula is C19H25ClN6. The Morgan fingerprint density at radius 3 is 2.81 bits per heavy atom. The van der Waals surface area contributed by atoms with E-state index in [9.17, 15) is 0 Å². The highest BCUT2D eigenvalue weighted by atomic mass is 35.5. The Hall–Kier alpha value is -2.08. The second-order valence-electron chi connectivity index (χ2n) is 8.77. The molecule has 3 N–H and O–H groups in total. The largest absolute Gasteiger partial charge is 0.393 e. The summed E-state index contributed by atoms with van der Waals surface area (Å²) in [5.41, 5.74) is 8.35. The molecule has 2 fully saturated rings. The molecular weight excluding hydrogens is 348 g/mol. The Bertz CT molecular complexity index is 839. The second-order valence-corrected chi connectivity index (χ2v) is 9.13. The van der Waals surface area contributed by atoms with E-state index >= 15 is 0 Å². The molecule has 1 aliphatic carbocycles. The average molecular weight is 373 g/mol. The second kappa shape index (κ2) is 5.98. The van der Waals surface area contributed by atoms with Crippen LogP contribution in [0.15, 0.2) is 24.7 Å². The van der Waals surface area contributed by atoms with Crippen molar-refractivity contribution in [1.82, 2.24) is 15.0 Å². The van der Waals surface area contributed by atoms with Crippen LogP contribution in [-0.4, -0.2) is 27.5 Å². The van der Waals surface area contributed by atoms with Crippen LogP contribution in [-0.2, 0) is 0 Å². The van der Waals surface area contributed by atoms with Gasteiger partial charge in [-0.3, -0.25) is 0 Å². The highest BCUT2D eigenvalue weighted by Gasteiger charge is 2.50. The molecule has 2 bridgehead atoms.